The number of benzene rings is 1. The van der Waals surface area contributed by atoms with Crippen LogP contribution in [0.25, 0.3) is 0 Å². The Morgan fingerprint density at radius 1 is 1.15 bits per heavy atom. The van der Waals surface area contributed by atoms with Crippen LogP contribution in [0.15, 0.2) is 47.1 Å². The van der Waals surface area contributed by atoms with Crippen molar-refractivity contribution in [3.8, 4) is 0 Å². The molecule has 1 aliphatic rings. The van der Waals surface area contributed by atoms with Gasteiger partial charge in [0, 0.05) is 12.1 Å². The van der Waals surface area contributed by atoms with Gasteiger partial charge in [-0.05, 0) is 61.2 Å². The van der Waals surface area contributed by atoms with Gasteiger partial charge in [-0.15, -0.1) is 12.4 Å². The average Bonchev–Trinajstić information content (AvgIpc) is 3.28. The number of rotatable bonds is 5. The lowest BCUT2D eigenvalue weighted by Gasteiger charge is -2.26. The van der Waals surface area contributed by atoms with E-state index >= 15 is 0 Å². The molecule has 2 aromatic rings. The Kier molecular flexibility index (Phi) is 6.90. The largest absolute Gasteiger partial charge is 0.468 e. The molecule has 1 unspecified atom stereocenters. The first-order valence-corrected chi connectivity index (χ1v) is 9.11. The first-order valence-electron chi connectivity index (χ1n) is 9.11. The molecule has 26 heavy (non-hydrogen) atoms. The topological polar surface area (TPSA) is 45.5 Å². The lowest BCUT2D eigenvalue weighted by atomic mass is 9.87. The van der Waals surface area contributed by atoms with E-state index in [2.05, 4.69) is 31.0 Å². The molecule has 0 spiro atoms. The highest BCUT2D eigenvalue weighted by Crippen LogP contribution is 2.25. The van der Waals surface area contributed by atoms with Gasteiger partial charge in [-0.2, -0.15) is 0 Å². The van der Waals surface area contributed by atoms with E-state index in [9.17, 15) is 4.79 Å². The molecule has 1 fully saturated rings. The molecular weight excluding hydrogens is 348 g/mol. The second-order valence-corrected chi connectivity index (χ2v) is 7.81. The molecule has 1 aromatic carbocycles. The summed E-state index contributed by atoms with van der Waals surface area (Å²) in [6.45, 7) is 9.20. The summed E-state index contributed by atoms with van der Waals surface area (Å²) in [5, 5.41) is 3.08. The van der Waals surface area contributed by atoms with Crippen molar-refractivity contribution in [1.82, 2.24) is 10.2 Å². The van der Waals surface area contributed by atoms with E-state index in [-0.39, 0.29) is 29.8 Å². The summed E-state index contributed by atoms with van der Waals surface area (Å²) in [7, 11) is 0. The van der Waals surface area contributed by atoms with E-state index in [4.69, 9.17) is 4.42 Å². The van der Waals surface area contributed by atoms with Crippen LogP contribution in [0.5, 0.6) is 0 Å². The van der Waals surface area contributed by atoms with Crippen LogP contribution < -0.4 is 5.32 Å². The van der Waals surface area contributed by atoms with Gasteiger partial charge < -0.3 is 9.73 Å². The summed E-state index contributed by atoms with van der Waals surface area (Å²) in [4.78, 5) is 14.9. The Morgan fingerprint density at radius 3 is 2.35 bits per heavy atom. The minimum absolute atomic E-state index is 0. The maximum Gasteiger partial charge on any atom is 0.251 e. The van der Waals surface area contributed by atoms with Gasteiger partial charge in [-0.1, -0.05) is 32.9 Å². The monoisotopic (exact) mass is 376 g/mol. The van der Waals surface area contributed by atoms with Crippen LogP contribution in [-0.2, 0) is 5.41 Å². The molecule has 1 atom stereocenters. The van der Waals surface area contributed by atoms with Gasteiger partial charge in [-0.25, -0.2) is 0 Å². The van der Waals surface area contributed by atoms with Crippen LogP contribution in [0.2, 0.25) is 0 Å². The molecule has 1 N–H and O–H groups in total. The number of hydrogen-bond donors (Lipinski definition) is 1. The molecule has 1 aliphatic heterocycles. The normalized spacial score (nSPS) is 16.1. The molecule has 4 nitrogen and oxygen atoms in total. The van der Waals surface area contributed by atoms with E-state index in [1.54, 1.807) is 6.26 Å². The molecule has 142 valence electrons. The molecule has 1 aromatic heterocycles. The van der Waals surface area contributed by atoms with Crippen molar-refractivity contribution in [3.05, 3.63) is 59.5 Å². The molecule has 0 radical (unpaired) electrons. The highest BCUT2D eigenvalue weighted by Gasteiger charge is 2.26. The third-order valence-corrected chi connectivity index (χ3v) is 4.92. The predicted octanol–water partition coefficient (Wildman–Crippen LogP) is 4.57. The molecule has 1 saturated heterocycles. The van der Waals surface area contributed by atoms with Gasteiger partial charge in [0.15, 0.2) is 0 Å². The van der Waals surface area contributed by atoms with Crippen molar-refractivity contribution in [2.24, 2.45) is 0 Å². The van der Waals surface area contributed by atoms with Gasteiger partial charge in [0.25, 0.3) is 5.91 Å². The van der Waals surface area contributed by atoms with Crippen LogP contribution in [0.1, 0.15) is 61.3 Å². The zero-order valence-corrected chi connectivity index (χ0v) is 16.6. The van der Waals surface area contributed by atoms with Crippen molar-refractivity contribution >= 4 is 18.3 Å². The molecule has 1 amide bonds. The molecule has 0 saturated carbocycles. The van der Waals surface area contributed by atoms with Crippen LogP contribution >= 0.6 is 12.4 Å². The quantitative estimate of drug-likeness (QED) is 0.831. The number of nitrogens with one attached hydrogen (secondary N) is 1. The maximum atomic E-state index is 12.5. The molecule has 0 bridgehead atoms. The first kappa shape index (κ1) is 20.5. The lowest BCUT2D eigenvalue weighted by molar-refractivity contribution is 0.0933. The SMILES string of the molecule is CC(C)(C)c1ccc(C(=O)NCC(c2ccco2)N2CCCC2)cc1.Cl. The van der Waals surface area contributed by atoms with Crippen molar-refractivity contribution in [2.75, 3.05) is 19.6 Å². The Morgan fingerprint density at radius 2 is 1.81 bits per heavy atom. The molecule has 2 heterocycles. The Hall–Kier alpha value is -1.78. The fourth-order valence-corrected chi connectivity index (χ4v) is 3.36. The Labute approximate surface area is 162 Å². The van der Waals surface area contributed by atoms with E-state index in [0.29, 0.717) is 12.1 Å². The number of carbonyl (C=O) groups is 1. The summed E-state index contributed by atoms with van der Waals surface area (Å²) in [6, 6.07) is 11.9. The predicted molar refractivity (Wildman–Crippen MR) is 107 cm³/mol. The highest BCUT2D eigenvalue weighted by atomic mass is 35.5. The lowest BCUT2D eigenvalue weighted by Crippen LogP contribution is -2.36. The molecule has 3 rings (SSSR count). The Balaban J connectivity index is 0.00000243. The Bertz CT molecular complexity index is 684. The van der Waals surface area contributed by atoms with E-state index in [1.165, 1.54) is 18.4 Å². The van der Waals surface area contributed by atoms with Gasteiger partial charge in [0.2, 0.25) is 0 Å². The van der Waals surface area contributed by atoms with Gasteiger partial charge in [0.05, 0.1) is 12.3 Å². The second-order valence-electron chi connectivity index (χ2n) is 7.81. The number of halogens is 1. The third-order valence-electron chi connectivity index (χ3n) is 4.92. The van der Waals surface area contributed by atoms with E-state index in [1.807, 2.05) is 36.4 Å². The number of amides is 1. The third kappa shape index (κ3) is 4.89. The zero-order chi connectivity index (χ0) is 17.9. The highest BCUT2D eigenvalue weighted by molar-refractivity contribution is 5.94. The maximum absolute atomic E-state index is 12.5. The van der Waals surface area contributed by atoms with Crippen molar-refractivity contribution in [3.63, 3.8) is 0 Å². The summed E-state index contributed by atoms with van der Waals surface area (Å²) >= 11 is 0. The van der Waals surface area contributed by atoms with Gasteiger partial charge in [-0.3, -0.25) is 9.69 Å². The number of nitrogens with zero attached hydrogens (tertiary/aromatic N) is 1. The van der Waals surface area contributed by atoms with E-state index < -0.39 is 0 Å². The molecule has 5 heteroatoms. The summed E-state index contributed by atoms with van der Waals surface area (Å²) in [5.41, 5.74) is 2.02. The van der Waals surface area contributed by atoms with Crippen molar-refractivity contribution in [1.29, 1.82) is 0 Å². The number of carbonyl (C=O) groups excluding carboxylic acids is 1. The average molecular weight is 377 g/mol. The van der Waals surface area contributed by atoms with Crippen molar-refractivity contribution in [2.45, 2.75) is 45.1 Å². The smallest absolute Gasteiger partial charge is 0.251 e. The standard InChI is InChI=1S/C21H28N2O2.ClH/c1-21(2,3)17-10-8-16(9-11-17)20(24)22-15-18(19-7-6-14-25-19)23-12-4-5-13-23;/h6-11,14,18H,4-5,12-13,15H2,1-3H3,(H,22,24);1H. The molecule has 0 aliphatic carbocycles. The minimum atomic E-state index is -0.0313. The minimum Gasteiger partial charge on any atom is -0.468 e. The van der Waals surface area contributed by atoms with Crippen LogP contribution in [0.4, 0.5) is 0 Å². The van der Waals surface area contributed by atoms with E-state index in [0.717, 1.165) is 18.8 Å². The summed E-state index contributed by atoms with van der Waals surface area (Å²) < 4.78 is 5.61. The summed E-state index contributed by atoms with van der Waals surface area (Å²) in [6.07, 6.45) is 4.12. The zero-order valence-electron chi connectivity index (χ0n) is 15.8. The van der Waals surface area contributed by atoms with Crippen molar-refractivity contribution < 1.29 is 9.21 Å². The van der Waals surface area contributed by atoms with Gasteiger partial charge >= 0.3 is 0 Å². The summed E-state index contributed by atoms with van der Waals surface area (Å²) in [5.74, 6) is 0.890. The first-order chi connectivity index (χ1) is 11.9. The second kappa shape index (κ2) is 8.74. The number of likely N-dealkylation sites (tertiary alicyclic amines) is 1. The fraction of sp³-hybridized carbons (Fsp3) is 0.476. The number of hydrogen-bond acceptors (Lipinski definition) is 3. The van der Waals surface area contributed by atoms with Crippen LogP contribution in [-0.4, -0.2) is 30.4 Å². The van der Waals surface area contributed by atoms with Gasteiger partial charge in [0.1, 0.15) is 5.76 Å². The van der Waals surface area contributed by atoms with Crippen LogP contribution in [0, 0.1) is 0 Å². The van der Waals surface area contributed by atoms with Crippen LogP contribution in [0.3, 0.4) is 0 Å². The molecular formula is C21H29ClN2O2. The number of furan rings is 1. The fourth-order valence-electron chi connectivity index (χ4n) is 3.36.